The second kappa shape index (κ2) is 6.35. The summed E-state index contributed by atoms with van der Waals surface area (Å²) in [6.45, 7) is 7.48. The average molecular weight is 277 g/mol. The van der Waals surface area contributed by atoms with Crippen molar-refractivity contribution in [3.05, 3.63) is 39.3 Å². The molecule has 1 atom stereocenters. The van der Waals surface area contributed by atoms with Gasteiger partial charge in [0.2, 0.25) is 0 Å². The molecule has 2 aromatic heterocycles. The van der Waals surface area contributed by atoms with E-state index >= 15 is 0 Å². The van der Waals surface area contributed by atoms with E-state index in [1.54, 1.807) is 0 Å². The molecule has 1 N–H and O–H groups in total. The third-order valence-electron chi connectivity index (χ3n) is 3.38. The molecule has 0 saturated carbocycles. The summed E-state index contributed by atoms with van der Waals surface area (Å²) in [5.41, 5.74) is 2.51. The van der Waals surface area contributed by atoms with E-state index < -0.39 is 0 Å². The van der Waals surface area contributed by atoms with Crippen molar-refractivity contribution in [2.75, 3.05) is 0 Å². The molecule has 1 unspecified atom stereocenters. The van der Waals surface area contributed by atoms with E-state index in [1.807, 2.05) is 23.1 Å². The fourth-order valence-electron chi connectivity index (χ4n) is 2.21. The third-order valence-corrected chi connectivity index (χ3v) is 4.80. The molecule has 2 heterocycles. The summed E-state index contributed by atoms with van der Waals surface area (Å²) in [5, 5.41) is 8.07. The standard InChI is InChI=1S/C15H23N3S/c1-5-13-7-8-15(19-13)11(3)16-9-12-10-18(4)17-14(12)6-2/h7-8,10-11,16H,5-6,9H2,1-4H3. The highest BCUT2D eigenvalue weighted by molar-refractivity contribution is 7.12. The molecule has 0 radical (unpaired) electrons. The Morgan fingerprint density at radius 3 is 2.74 bits per heavy atom. The number of aryl methyl sites for hydroxylation is 3. The smallest absolute Gasteiger partial charge is 0.0666 e. The zero-order valence-corrected chi connectivity index (χ0v) is 13.0. The molecule has 19 heavy (non-hydrogen) atoms. The van der Waals surface area contributed by atoms with Crippen LogP contribution >= 0.6 is 11.3 Å². The van der Waals surface area contributed by atoms with Crippen LogP contribution in [0.1, 0.15) is 47.8 Å². The number of hydrogen-bond acceptors (Lipinski definition) is 3. The Kier molecular flexibility index (Phi) is 4.77. The first kappa shape index (κ1) is 14.3. The fourth-order valence-corrected chi connectivity index (χ4v) is 3.19. The predicted octanol–water partition coefficient (Wildman–Crippen LogP) is 3.46. The topological polar surface area (TPSA) is 29.9 Å². The zero-order chi connectivity index (χ0) is 13.8. The second-order valence-electron chi connectivity index (χ2n) is 4.89. The molecule has 0 amide bonds. The molecule has 0 aromatic carbocycles. The van der Waals surface area contributed by atoms with Crippen LogP contribution in [0.3, 0.4) is 0 Å². The van der Waals surface area contributed by atoms with E-state index in [-0.39, 0.29) is 0 Å². The van der Waals surface area contributed by atoms with Gasteiger partial charge in [0.1, 0.15) is 0 Å². The molecule has 104 valence electrons. The number of thiophene rings is 1. The number of aromatic nitrogens is 2. The molecule has 2 rings (SSSR count). The van der Waals surface area contributed by atoms with Gasteiger partial charge in [-0.25, -0.2) is 0 Å². The molecule has 0 aliphatic rings. The molecular formula is C15H23N3S. The summed E-state index contributed by atoms with van der Waals surface area (Å²) in [6.07, 6.45) is 4.23. The van der Waals surface area contributed by atoms with Crippen molar-refractivity contribution in [3.8, 4) is 0 Å². The maximum absolute atomic E-state index is 4.48. The zero-order valence-electron chi connectivity index (χ0n) is 12.2. The van der Waals surface area contributed by atoms with Crippen LogP contribution in [0.25, 0.3) is 0 Å². The van der Waals surface area contributed by atoms with E-state index in [4.69, 9.17) is 0 Å². The highest BCUT2D eigenvalue weighted by Gasteiger charge is 2.10. The molecule has 3 nitrogen and oxygen atoms in total. The summed E-state index contributed by atoms with van der Waals surface area (Å²) in [6, 6.07) is 4.88. The first-order valence-electron chi connectivity index (χ1n) is 6.97. The van der Waals surface area contributed by atoms with E-state index in [0.29, 0.717) is 6.04 Å². The highest BCUT2D eigenvalue weighted by atomic mass is 32.1. The first-order valence-corrected chi connectivity index (χ1v) is 7.79. The Balaban J connectivity index is 1.97. The van der Waals surface area contributed by atoms with Gasteiger partial charge in [0, 0.05) is 41.1 Å². The van der Waals surface area contributed by atoms with Gasteiger partial charge in [-0.3, -0.25) is 4.68 Å². The monoisotopic (exact) mass is 277 g/mol. The number of hydrogen-bond donors (Lipinski definition) is 1. The molecule has 0 fully saturated rings. The highest BCUT2D eigenvalue weighted by Crippen LogP contribution is 2.23. The molecule has 0 spiro atoms. The van der Waals surface area contributed by atoms with Gasteiger partial charge in [-0.1, -0.05) is 13.8 Å². The molecule has 2 aromatic rings. The normalized spacial score (nSPS) is 12.8. The Hall–Kier alpha value is -1.13. The van der Waals surface area contributed by atoms with Gasteiger partial charge < -0.3 is 5.32 Å². The third kappa shape index (κ3) is 3.45. The SMILES string of the molecule is CCc1ccc(C(C)NCc2cn(C)nc2CC)s1. The molecule has 0 aliphatic carbocycles. The average Bonchev–Trinajstić information content (AvgIpc) is 3.01. The molecule has 0 aliphatic heterocycles. The van der Waals surface area contributed by atoms with E-state index in [9.17, 15) is 0 Å². The Morgan fingerprint density at radius 1 is 1.32 bits per heavy atom. The lowest BCUT2D eigenvalue weighted by Crippen LogP contribution is -2.17. The van der Waals surface area contributed by atoms with E-state index in [1.165, 1.54) is 21.0 Å². The number of nitrogens with one attached hydrogen (secondary N) is 1. The Morgan fingerprint density at radius 2 is 2.11 bits per heavy atom. The summed E-state index contributed by atoms with van der Waals surface area (Å²) in [5.74, 6) is 0. The Labute approximate surface area is 119 Å². The molecular weight excluding hydrogens is 254 g/mol. The quantitative estimate of drug-likeness (QED) is 0.876. The van der Waals surface area contributed by atoms with Gasteiger partial charge in [-0.05, 0) is 31.9 Å². The lowest BCUT2D eigenvalue weighted by molar-refractivity contribution is 0.580. The largest absolute Gasteiger partial charge is 0.305 e. The summed E-state index contributed by atoms with van der Waals surface area (Å²) < 4.78 is 1.90. The van der Waals surface area contributed by atoms with Crippen LogP contribution in [0.4, 0.5) is 0 Å². The van der Waals surface area contributed by atoms with Crippen molar-refractivity contribution in [2.45, 2.75) is 46.2 Å². The predicted molar refractivity (Wildman–Crippen MR) is 81.5 cm³/mol. The summed E-state index contributed by atoms with van der Waals surface area (Å²) in [4.78, 5) is 2.87. The van der Waals surface area contributed by atoms with Crippen molar-refractivity contribution in [1.29, 1.82) is 0 Å². The molecule has 4 heteroatoms. The fraction of sp³-hybridized carbons (Fsp3) is 0.533. The minimum atomic E-state index is 0.398. The van der Waals surface area contributed by atoms with Gasteiger partial charge in [0.25, 0.3) is 0 Å². The van der Waals surface area contributed by atoms with Crippen molar-refractivity contribution in [2.24, 2.45) is 7.05 Å². The van der Waals surface area contributed by atoms with Crippen LogP contribution in [0.15, 0.2) is 18.3 Å². The first-order chi connectivity index (χ1) is 9.13. The maximum atomic E-state index is 4.48. The van der Waals surface area contributed by atoms with Crippen LogP contribution < -0.4 is 5.32 Å². The van der Waals surface area contributed by atoms with Gasteiger partial charge in [0.15, 0.2) is 0 Å². The Bertz CT molecular complexity index is 527. The molecule has 0 bridgehead atoms. The number of rotatable bonds is 6. The van der Waals surface area contributed by atoms with Crippen molar-refractivity contribution in [3.63, 3.8) is 0 Å². The van der Waals surface area contributed by atoms with Gasteiger partial charge in [0.05, 0.1) is 5.69 Å². The van der Waals surface area contributed by atoms with Crippen molar-refractivity contribution >= 4 is 11.3 Å². The summed E-state index contributed by atoms with van der Waals surface area (Å²) in [7, 11) is 1.99. The van der Waals surface area contributed by atoms with Crippen LogP contribution in [-0.4, -0.2) is 9.78 Å². The minimum absolute atomic E-state index is 0.398. The van der Waals surface area contributed by atoms with Crippen molar-refractivity contribution in [1.82, 2.24) is 15.1 Å². The van der Waals surface area contributed by atoms with Gasteiger partial charge in [-0.15, -0.1) is 11.3 Å². The number of nitrogens with zero attached hydrogens (tertiary/aromatic N) is 2. The molecule has 0 saturated heterocycles. The lowest BCUT2D eigenvalue weighted by Gasteiger charge is -2.11. The van der Waals surface area contributed by atoms with E-state index in [0.717, 1.165) is 19.4 Å². The second-order valence-corrected chi connectivity index (χ2v) is 6.09. The summed E-state index contributed by atoms with van der Waals surface area (Å²) >= 11 is 1.91. The van der Waals surface area contributed by atoms with E-state index in [2.05, 4.69) is 49.5 Å². The van der Waals surface area contributed by atoms with Crippen LogP contribution in [0.2, 0.25) is 0 Å². The minimum Gasteiger partial charge on any atom is -0.305 e. The van der Waals surface area contributed by atoms with Gasteiger partial charge >= 0.3 is 0 Å². The lowest BCUT2D eigenvalue weighted by atomic mass is 10.2. The van der Waals surface area contributed by atoms with Gasteiger partial charge in [-0.2, -0.15) is 5.10 Å². The van der Waals surface area contributed by atoms with Crippen LogP contribution in [0, 0.1) is 0 Å². The van der Waals surface area contributed by atoms with Crippen LogP contribution in [-0.2, 0) is 26.4 Å². The van der Waals surface area contributed by atoms with Crippen molar-refractivity contribution < 1.29 is 0 Å². The maximum Gasteiger partial charge on any atom is 0.0666 e. The van der Waals surface area contributed by atoms with Crippen LogP contribution in [0.5, 0.6) is 0 Å².